The second-order valence-electron chi connectivity index (χ2n) is 8.59. The van der Waals surface area contributed by atoms with Crippen LogP contribution in [0.15, 0.2) is 64.5 Å². The number of carbonyl (C=O) groups excluding carboxylic acids is 1. The van der Waals surface area contributed by atoms with E-state index >= 15 is 0 Å². The molecule has 0 fully saturated rings. The summed E-state index contributed by atoms with van der Waals surface area (Å²) < 4.78 is 1.52. The van der Waals surface area contributed by atoms with Crippen LogP contribution < -0.4 is 10.9 Å². The van der Waals surface area contributed by atoms with Gasteiger partial charge in [0.25, 0.3) is 5.56 Å². The van der Waals surface area contributed by atoms with Crippen LogP contribution in [0.3, 0.4) is 0 Å². The number of para-hydroxylation sites is 1. The summed E-state index contributed by atoms with van der Waals surface area (Å²) in [5.74, 6) is 0.779. The largest absolute Gasteiger partial charge is 0.317 e. The van der Waals surface area contributed by atoms with Gasteiger partial charge >= 0.3 is 0 Å². The molecule has 1 amide bonds. The summed E-state index contributed by atoms with van der Waals surface area (Å²) in [5.41, 5.74) is 3.57. The van der Waals surface area contributed by atoms with Gasteiger partial charge in [0, 0.05) is 24.1 Å². The van der Waals surface area contributed by atoms with Crippen molar-refractivity contribution in [3.8, 4) is 6.07 Å². The van der Waals surface area contributed by atoms with Crippen molar-refractivity contribution in [2.75, 3.05) is 11.1 Å². The fourth-order valence-corrected chi connectivity index (χ4v) is 6.76. The Kier molecular flexibility index (Phi) is 6.71. The molecule has 1 aliphatic carbocycles. The average molecular weight is 501 g/mol. The predicted molar refractivity (Wildman–Crippen MR) is 141 cm³/mol. The minimum Gasteiger partial charge on any atom is -0.317 e. The minimum atomic E-state index is -0.141. The van der Waals surface area contributed by atoms with Crippen molar-refractivity contribution in [2.24, 2.45) is 7.05 Å². The Hall–Kier alpha value is -3.41. The molecule has 0 bridgehead atoms. The van der Waals surface area contributed by atoms with E-state index in [1.807, 2.05) is 24.3 Å². The van der Waals surface area contributed by atoms with Crippen LogP contribution in [0, 0.1) is 11.3 Å². The van der Waals surface area contributed by atoms with E-state index in [0.29, 0.717) is 38.3 Å². The van der Waals surface area contributed by atoms with Gasteiger partial charge < -0.3 is 5.32 Å². The highest BCUT2D eigenvalue weighted by molar-refractivity contribution is 7.99. The van der Waals surface area contributed by atoms with Crippen LogP contribution in [-0.2, 0) is 24.7 Å². The van der Waals surface area contributed by atoms with Gasteiger partial charge in [0.1, 0.15) is 11.1 Å². The van der Waals surface area contributed by atoms with Crippen LogP contribution in [0.5, 0.6) is 0 Å². The molecule has 1 unspecified atom stereocenters. The molecule has 6 nitrogen and oxygen atoms in total. The lowest BCUT2D eigenvalue weighted by Crippen LogP contribution is -2.20. The van der Waals surface area contributed by atoms with Crippen molar-refractivity contribution in [2.45, 2.75) is 36.8 Å². The van der Waals surface area contributed by atoms with Crippen molar-refractivity contribution in [1.82, 2.24) is 9.55 Å². The minimum absolute atomic E-state index is 0.0980. The van der Waals surface area contributed by atoms with Gasteiger partial charge in [0.15, 0.2) is 5.16 Å². The Morgan fingerprint density at radius 3 is 2.80 bits per heavy atom. The molecule has 35 heavy (non-hydrogen) atoms. The van der Waals surface area contributed by atoms with Gasteiger partial charge in [-0.25, -0.2) is 4.98 Å². The van der Waals surface area contributed by atoms with E-state index in [1.165, 1.54) is 38.1 Å². The third kappa shape index (κ3) is 4.75. The van der Waals surface area contributed by atoms with Gasteiger partial charge in [0.2, 0.25) is 5.91 Å². The van der Waals surface area contributed by atoms with Crippen molar-refractivity contribution in [1.29, 1.82) is 5.26 Å². The summed E-state index contributed by atoms with van der Waals surface area (Å²) in [7, 11) is 1.70. The van der Waals surface area contributed by atoms with Crippen molar-refractivity contribution in [3.63, 3.8) is 0 Å². The number of thioether (sulfide) groups is 1. The maximum Gasteiger partial charge on any atom is 0.261 e. The Labute approximate surface area is 211 Å². The zero-order chi connectivity index (χ0) is 24.4. The molecule has 0 saturated heterocycles. The van der Waals surface area contributed by atoms with Crippen LogP contribution >= 0.6 is 23.1 Å². The van der Waals surface area contributed by atoms with Crippen molar-refractivity contribution in [3.05, 3.63) is 86.5 Å². The maximum absolute atomic E-state index is 12.7. The number of amides is 1. The van der Waals surface area contributed by atoms with E-state index < -0.39 is 0 Å². The normalized spacial score (nSPS) is 14.9. The van der Waals surface area contributed by atoms with Gasteiger partial charge in [-0.05, 0) is 48.4 Å². The van der Waals surface area contributed by atoms with Crippen LogP contribution in [0.25, 0.3) is 10.9 Å². The third-order valence-electron chi connectivity index (χ3n) is 6.40. The molecular weight excluding hydrogens is 476 g/mol. The van der Waals surface area contributed by atoms with Crippen LogP contribution in [-0.4, -0.2) is 21.2 Å². The topological polar surface area (TPSA) is 87.8 Å². The molecule has 0 spiro atoms. The summed E-state index contributed by atoms with van der Waals surface area (Å²) >= 11 is 2.91. The van der Waals surface area contributed by atoms with Gasteiger partial charge in [-0.1, -0.05) is 54.2 Å². The van der Waals surface area contributed by atoms with E-state index in [-0.39, 0.29) is 17.9 Å². The van der Waals surface area contributed by atoms with Crippen LogP contribution in [0.1, 0.15) is 40.3 Å². The lowest BCUT2D eigenvalue weighted by molar-refractivity contribution is -0.115. The van der Waals surface area contributed by atoms with Crippen molar-refractivity contribution >= 4 is 44.9 Å². The monoisotopic (exact) mass is 500 g/mol. The number of hydrogen-bond acceptors (Lipinski definition) is 6. The van der Waals surface area contributed by atoms with E-state index in [0.717, 1.165) is 24.8 Å². The quantitative estimate of drug-likeness (QED) is 0.288. The lowest BCUT2D eigenvalue weighted by atomic mass is 9.83. The number of nitriles is 1. The molecule has 1 N–H and O–H groups in total. The molecule has 2 aromatic heterocycles. The molecule has 8 heteroatoms. The number of carbonyl (C=O) groups is 1. The zero-order valence-corrected chi connectivity index (χ0v) is 20.9. The van der Waals surface area contributed by atoms with Crippen LogP contribution in [0.4, 0.5) is 5.00 Å². The van der Waals surface area contributed by atoms with Gasteiger partial charge in [-0.15, -0.1) is 11.3 Å². The van der Waals surface area contributed by atoms with E-state index in [2.05, 4.69) is 40.6 Å². The number of thiophene rings is 1. The number of anilines is 1. The SMILES string of the molecule is Cn1c(SCCC(=O)Nc2sc3c(c2C#N)CCC(c2ccccc2)C3)nc2ccccc2c1=O. The molecule has 2 aromatic carbocycles. The summed E-state index contributed by atoms with van der Waals surface area (Å²) in [6.07, 6.45) is 3.01. The Balaban J connectivity index is 1.25. The van der Waals surface area contributed by atoms with Crippen LogP contribution in [0.2, 0.25) is 0 Å². The van der Waals surface area contributed by atoms with Gasteiger partial charge in [0.05, 0.1) is 16.5 Å². The number of benzene rings is 2. The summed E-state index contributed by atoms with van der Waals surface area (Å²) in [4.78, 5) is 31.1. The molecule has 4 aromatic rings. The summed E-state index contributed by atoms with van der Waals surface area (Å²) in [6.45, 7) is 0. The molecular formula is C27H24N4O2S2. The smallest absolute Gasteiger partial charge is 0.261 e. The lowest BCUT2D eigenvalue weighted by Gasteiger charge is -2.22. The second-order valence-corrected chi connectivity index (χ2v) is 10.8. The van der Waals surface area contributed by atoms with Gasteiger partial charge in [-0.2, -0.15) is 5.26 Å². The molecule has 1 atom stereocenters. The molecule has 1 aliphatic rings. The maximum atomic E-state index is 12.7. The fraction of sp³-hybridized carbons (Fsp3) is 0.259. The Morgan fingerprint density at radius 1 is 1.23 bits per heavy atom. The van der Waals surface area contributed by atoms with Crippen molar-refractivity contribution < 1.29 is 4.79 Å². The number of rotatable bonds is 6. The molecule has 0 radical (unpaired) electrons. The molecule has 0 saturated carbocycles. The molecule has 5 rings (SSSR count). The predicted octanol–water partition coefficient (Wildman–Crippen LogP) is 5.26. The number of nitrogens with zero attached hydrogens (tertiary/aromatic N) is 3. The molecule has 176 valence electrons. The first kappa shape index (κ1) is 23.3. The number of fused-ring (bicyclic) bond motifs is 2. The first-order chi connectivity index (χ1) is 17.0. The Bertz CT molecular complexity index is 1500. The standard InChI is InChI=1S/C27H24N4O2S2/c1-31-26(33)20-9-5-6-10-22(20)29-27(31)34-14-13-24(32)30-25-21(16-28)19-12-11-18(15-23(19)35-25)17-7-3-2-4-8-17/h2-10,18H,11-15H2,1H3,(H,30,32). The number of hydrogen-bond donors (Lipinski definition) is 1. The summed E-state index contributed by atoms with van der Waals surface area (Å²) in [5, 5.41) is 14.6. The molecule has 0 aliphatic heterocycles. The van der Waals surface area contributed by atoms with E-state index in [4.69, 9.17) is 0 Å². The zero-order valence-electron chi connectivity index (χ0n) is 19.3. The Morgan fingerprint density at radius 2 is 2.00 bits per heavy atom. The first-order valence-corrected chi connectivity index (χ1v) is 13.3. The van der Waals surface area contributed by atoms with Gasteiger partial charge in [-0.3, -0.25) is 14.2 Å². The highest BCUT2D eigenvalue weighted by Gasteiger charge is 2.27. The number of nitrogens with one attached hydrogen (secondary N) is 1. The average Bonchev–Trinajstić information content (AvgIpc) is 3.23. The third-order valence-corrected chi connectivity index (χ3v) is 8.60. The highest BCUT2D eigenvalue weighted by Crippen LogP contribution is 2.42. The van der Waals surface area contributed by atoms with E-state index in [1.54, 1.807) is 13.1 Å². The first-order valence-electron chi connectivity index (χ1n) is 11.5. The second kappa shape index (κ2) is 10.1. The van der Waals surface area contributed by atoms with E-state index in [9.17, 15) is 14.9 Å². The number of aromatic nitrogens is 2. The molecule has 2 heterocycles. The fourth-order valence-electron chi connectivity index (χ4n) is 4.55. The summed E-state index contributed by atoms with van der Waals surface area (Å²) in [6, 6.07) is 20.1. The highest BCUT2D eigenvalue weighted by atomic mass is 32.2.